The van der Waals surface area contributed by atoms with Crippen molar-refractivity contribution in [2.45, 2.75) is 63.7 Å². The van der Waals surface area contributed by atoms with Crippen LogP contribution in [-0.4, -0.2) is 84.1 Å². The van der Waals surface area contributed by atoms with E-state index in [9.17, 15) is 29.1 Å². The molecule has 2 fully saturated rings. The van der Waals surface area contributed by atoms with Crippen molar-refractivity contribution in [2.24, 2.45) is 5.92 Å². The summed E-state index contributed by atoms with van der Waals surface area (Å²) in [6.07, 6.45) is 3.74. The van der Waals surface area contributed by atoms with E-state index in [0.29, 0.717) is 36.7 Å². The number of rotatable bonds is 11. The van der Waals surface area contributed by atoms with E-state index < -0.39 is 24.1 Å². The van der Waals surface area contributed by atoms with Crippen LogP contribution in [0.3, 0.4) is 0 Å². The molecule has 0 saturated carbocycles. The predicted octanol–water partition coefficient (Wildman–Crippen LogP) is 6.57. The van der Waals surface area contributed by atoms with Crippen molar-refractivity contribution in [2.75, 3.05) is 13.1 Å². The molecule has 4 atom stereocenters. The third-order valence-corrected chi connectivity index (χ3v) is 12.8. The zero-order valence-electron chi connectivity index (χ0n) is 30.7. The lowest BCUT2D eigenvalue weighted by Gasteiger charge is -2.29. The summed E-state index contributed by atoms with van der Waals surface area (Å²) >= 11 is 3.29. The van der Waals surface area contributed by atoms with Crippen LogP contribution in [0.5, 0.6) is 0 Å². The van der Waals surface area contributed by atoms with Gasteiger partial charge in [0.25, 0.3) is 11.8 Å². The molecule has 6 heterocycles. The first-order chi connectivity index (χ1) is 27.1. The van der Waals surface area contributed by atoms with E-state index in [1.165, 1.54) is 0 Å². The molecule has 8 rings (SSSR count). The fraction of sp³-hybridized carbons (Fsp3) is 0.325. The highest BCUT2D eigenvalue weighted by atomic mass is 32.1. The summed E-state index contributed by atoms with van der Waals surface area (Å²) < 4.78 is 2.24. The van der Waals surface area contributed by atoms with Crippen LogP contribution in [0.2, 0.25) is 0 Å². The maximum absolute atomic E-state index is 13.8. The van der Waals surface area contributed by atoms with E-state index in [2.05, 4.69) is 43.5 Å². The van der Waals surface area contributed by atoms with Gasteiger partial charge in [0, 0.05) is 35.0 Å². The number of benzene rings is 2. The van der Waals surface area contributed by atoms with Gasteiger partial charge in [0.05, 0.1) is 44.4 Å². The zero-order chi connectivity index (χ0) is 39.1. The number of aldehydes is 1. The number of aromatic amines is 2. The van der Waals surface area contributed by atoms with E-state index in [0.717, 1.165) is 62.1 Å². The third kappa shape index (κ3) is 6.94. The number of likely N-dealkylation sites (tertiary alicyclic amines) is 2. The van der Waals surface area contributed by atoms with Crippen molar-refractivity contribution in [3.05, 3.63) is 82.7 Å². The van der Waals surface area contributed by atoms with Crippen LogP contribution in [0.1, 0.15) is 74.9 Å². The summed E-state index contributed by atoms with van der Waals surface area (Å²) in [5.74, 6) is -0.192. The second-order valence-electron chi connectivity index (χ2n) is 14.5. The van der Waals surface area contributed by atoms with Gasteiger partial charge in [-0.3, -0.25) is 19.2 Å². The summed E-state index contributed by atoms with van der Waals surface area (Å²) in [4.78, 5) is 82.0. The predicted molar refractivity (Wildman–Crippen MR) is 213 cm³/mol. The highest BCUT2D eigenvalue weighted by molar-refractivity contribution is 7.27. The Balaban J connectivity index is 1.02. The number of imidazole rings is 2. The number of amides is 4. The first kappa shape index (κ1) is 37.1. The molecule has 2 aliphatic heterocycles. The van der Waals surface area contributed by atoms with E-state index in [1.807, 2.05) is 26.0 Å². The van der Waals surface area contributed by atoms with Crippen LogP contribution < -0.4 is 10.6 Å². The molecule has 0 aliphatic carbocycles. The molecule has 0 radical (unpaired) electrons. The van der Waals surface area contributed by atoms with Crippen molar-refractivity contribution in [1.29, 1.82) is 0 Å². The molecule has 16 heteroatoms. The third-order valence-electron chi connectivity index (χ3n) is 10.7. The molecule has 2 unspecified atom stereocenters. The molecule has 0 spiro atoms. The standard InChI is InChI=1S/C40H40N8O6S2/c1-21(2)32(45-31(50)18-49)38(51)48-15-7-11-30(48)37-42-26-13-12-23(16-27(26)43-37)24-19-55-35-25(20-56-34(24)35)28-17-41-36(44-28)29-10-6-14-47(29)39(52)33(46-40(53)54)22-8-4-3-5-9-22/h3-5,8-9,12-13,16-21,29-30,32-33,46H,6-7,10-11,14-15H2,1-2H3,(H,41,44)(H,42,43)(H,45,50)(H,53,54)/t29?,30?,32-,33-/m1/s1. The fourth-order valence-corrected chi connectivity index (χ4v) is 10.4. The minimum absolute atomic E-state index is 0.190. The number of thiophene rings is 2. The Bertz CT molecular complexity index is 2450. The van der Waals surface area contributed by atoms with Gasteiger partial charge in [-0.05, 0) is 54.9 Å². The van der Waals surface area contributed by atoms with E-state index in [4.69, 9.17) is 9.97 Å². The average molecular weight is 793 g/mol. The smallest absolute Gasteiger partial charge is 0.405 e. The molecular weight excluding hydrogens is 753 g/mol. The summed E-state index contributed by atoms with van der Waals surface area (Å²) in [6.45, 7) is 4.72. The molecule has 4 amide bonds. The number of hydrogen-bond acceptors (Lipinski definition) is 9. The minimum atomic E-state index is -1.26. The second kappa shape index (κ2) is 15.3. The van der Waals surface area contributed by atoms with Crippen LogP contribution in [0.15, 0.2) is 65.5 Å². The highest BCUT2D eigenvalue weighted by Crippen LogP contribution is 2.45. The Morgan fingerprint density at radius 1 is 0.875 bits per heavy atom. The highest BCUT2D eigenvalue weighted by Gasteiger charge is 2.38. The number of nitrogens with zero attached hydrogens (tertiary/aromatic N) is 4. The number of H-pyrrole nitrogens is 2. The van der Waals surface area contributed by atoms with E-state index >= 15 is 0 Å². The van der Waals surface area contributed by atoms with Crippen molar-refractivity contribution < 1.29 is 29.1 Å². The van der Waals surface area contributed by atoms with Crippen LogP contribution in [-0.2, 0) is 19.2 Å². The Morgan fingerprint density at radius 2 is 1.55 bits per heavy atom. The molecule has 2 aliphatic rings. The van der Waals surface area contributed by atoms with Gasteiger partial charge < -0.3 is 35.5 Å². The molecule has 6 aromatic rings. The van der Waals surface area contributed by atoms with Gasteiger partial charge in [-0.1, -0.05) is 50.2 Å². The van der Waals surface area contributed by atoms with Gasteiger partial charge in [0.2, 0.25) is 12.2 Å². The maximum Gasteiger partial charge on any atom is 0.405 e. The number of hydrogen-bond donors (Lipinski definition) is 5. The molecule has 14 nitrogen and oxygen atoms in total. The maximum atomic E-state index is 13.8. The van der Waals surface area contributed by atoms with Gasteiger partial charge in [0.15, 0.2) is 0 Å². The fourth-order valence-electron chi connectivity index (χ4n) is 7.93. The molecule has 2 aromatic carbocycles. The van der Waals surface area contributed by atoms with Gasteiger partial charge in [-0.25, -0.2) is 14.8 Å². The number of aromatic nitrogens is 4. The number of carbonyl (C=O) groups excluding carboxylic acids is 4. The lowest BCUT2D eigenvalue weighted by molar-refractivity contribution is -0.140. The average Bonchev–Trinajstić information content (AvgIpc) is 4.04. The zero-order valence-corrected chi connectivity index (χ0v) is 32.3. The molecular formula is C40H40N8O6S2. The normalized spacial score (nSPS) is 18.1. The van der Waals surface area contributed by atoms with E-state index in [1.54, 1.807) is 62.9 Å². The first-order valence-corrected chi connectivity index (χ1v) is 20.3. The van der Waals surface area contributed by atoms with E-state index in [-0.39, 0.29) is 36.1 Å². The van der Waals surface area contributed by atoms with Gasteiger partial charge >= 0.3 is 6.09 Å². The minimum Gasteiger partial charge on any atom is -0.465 e. The monoisotopic (exact) mass is 792 g/mol. The number of fused-ring (bicyclic) bond motifs is 2. The molecule has 2 saturated heterocycles. The lowest BCUT2D eigenvalue weighted by Crippen LogP contribution is -2.51. The summed E-state index contributed by atoms with van der Waals surface area (Å²) in [6, 6.07) is 12.6. The largest absolute Gasteiger partial charge is 0.465 e. The molecule has 4 aromatic heterocycles. The van der Waals surface area contributed by atoms with Crippen LogP contribution in [0, 0.1) is 5.92 Å². The van der Waals surface area contributed by atoms with Crippen LogP contribution >= 0.6 is 22.7 Å². The molecule has 0 bridgehead atoms. The Labute approximate surface area is 329 Å². The van der Waals surface area contributed by atoms with Gasteiger partial charge in [-0.15, -0.1) is 22.7 Å². The Hall–Kier alpha value is -5.87. The second-order valence-corrected chi connectivity index (χ2v) is 16.3. The SMILES string of the molecule is CC(C)[C@@H](NC(=O)C=O)C(=O)N1CCCC1c1nc2cc(-c3csc4c(-c5cnc(C6CCCN6C(=O)[C@H](NC(=O)O)c6ccccc6)[nH]5)csc34)ccc2[nH]1. The van der Waals surface area contributed by atoms with Crippen molar-refractivity contribution >= 4 is 73.2 Å². The summed E-state index contributed by atoms with van der Waals surface area (Å²) in [5.41, 5.74) is 6.18. The van der Waals surface area contributed by atoms with Crippen LogP contribution in [0.4, 0.5) is 4.79 Å². The van der Waals surface area contributed by atoms with Crippen molar-refractivity contribution in [3.63, 3.8) is 0 Å². The Kier molecular flexibility index (Phi) is 10.2. The Morgan fingerprint density at radius 3 is 2.25 bits per heavy atom. The molecule has 288 valence electrons. The quantitative estimate of drug-likeness (QED) is 0.0718. The first-order valence-electron chi connectivity index (χ1n) is 18.6. The topological polar surface area (TPSA) is 193 Å². The van der Waals surface area contributed by atoms with Crippen molar-refractivity contribution in [1.82, 2.24) is 40.4 Å². The van der Waals surface area contributed by atoms with Gasteiger partial charge in [0.1, 0.15) is 23.7 Å². The molecule has 56 heavy (non-hydrogen) atoms. The lowest BCUT2D eigenvalue weighted by atomic mass is 10.0. The number of carbonyl (C=O) groups is 5. The summed E-state index contributed by atoms with van der Waals surface area (Å²) in [5, 5.41) is 18.8. The van der Waals surface area contributed by atoms with Gasteiger partial charge in [-0.2, -0.15) is 0 Å². The van der Waals surface area contributed by atoms with Crippen molar-refractivity contribution in [3.8, 4) is 22.4 Å². The summed E-state index contributed by atoms with van der Waals surface area (Å²) in [7, 11) is 0. The van der Waals surface area contributed by atoms with Crippen LogP contribution in [0.25, 0.3) is 42.8 Å². The number of carboxylic acid groups (broad SMARTS) is 1. The molecule has 5 N–H and O–H groups in total. The number of nitrogens with one attached hydrogen (secondary N) is 4.